The minimum Gasteiger partial charge on any atom is -0.316 e. The summed E-state index contributed by atoms with van der Waals surface area (Å²) in [4.78, 5) is 11.1. The molecule has 0 aromatic carbocycles. The number of ketones is 1. The Morgan fingerprint density at radius 1 is 1.50 bits per heavy atom. The molecule has 2 heteroatoms. The van der Waals surface area contributed by atoms with Gasteiger partial charge in [-0.1, -0.05) is 26.7 Å². The third-order valence-corrected chi connectivity index (χ3v) is 2.48. The molecule has 0 fully saturated rings. The molecule has 12 heavy (non-hydrogen) atoms. The first-order valence-corrected chi connectivity index (χ1v) is 4.81. The molecule has 0 aromatic rings. The minimum atomic E-state index is 0.154. The summed E-state index contributed by atoms with van der Waals surface area (Å²) in [5, 5.41) is 3.20. The Kier molecular flexibility index (Phi) is 5.99. The van der Waals surface area contributed by atoms with Crippen LogP contribution in [-0.4, -0.2) is 18.9 Å². The van der Waals surface area contributed by atoms with E-state index >= 15 is 0 Å². The molecule has 2 atom stereocenters. The zero-order chi connectivity index (χ0) is 9.56. The van der Waals surface area contributed by atoms with Crippen molar-refractivity contribution < 1.29 is 4.79 Å². The van der Waals surface area contributed by atoms with Crippen molar-refractivity contribution in [1.29, 1.82) is 0 Å². The van der Waals surface area contributed by atoms with Gasteiger partial charge in [-0.05, 0) is 20.4 Å². The van der Waals surface area contributed by atoms with Crippen molar-refractivity contribution in [2.45, 2.75) is 46.1 Å². The van der Waals surface area contributed by atoms with E-state index in [1.807, 2.05) is 14.0 Å². The van der Waals surface area contributed by atoms with E-state index in [0.717, 1.165) is 6.42 Å². The summed E-state index contributed by atoms with van der Waals surface area (Å²) in [7, 11) is 1.93. The Bertz CT molecular complexity index is 134. The van der Waals surface area contributed by atoms with Gasteiger partial charge in [0, 0.05) is 12.0 Å². The highest BCUT2D eigenvalue weighted by Crippen LogP contribution is 2.10. The first-order valence-electron chi connectivity index (χ1n) is 4.81. The van der Waals surface area contributed by atoms with Crippen molar-refractivity contribution in [3.63, 3.8) is 0 Å². The molecule has 1 N–H and O–H groups in total. The Balaban J connectivity index is 3.87. The SMILES string of the molecule is CCCCC(NC)C(C)C(C)=O. The van der Waals surface area contributed by atoms with E-state index in [9.17, 15) is 4.79 Å². The maximum atomic E-state index is 11.1. The second kappa shape index (κ2) is 6.18. The summed E-state index contributed by atoms with van der Waals surface area (Å²) in [6.07, 6.45) is 3.50. The predicted molar refractivity (Wildman–Crippen MR) is 52.2 cm³/mol. The van der Waals surface area contributed by atoms with Gasteiger partial charge in [0.1, 0.15) is 5.78 Å². The lowest BCUT2D eigenvalue weighted by Crippen LogP contribution is -2.35. The summed E-state index contributed by atoms with van der Waals surface area (Å²) < 4.78 is 0. The van der Waals surface area contributed by atoms with E-state index in [-0.39, 0.29) is 11.7 Å². The highest BCUT2D eigenvalue weighted by atomic mass is 16.1. The number of carbonyl (C=O) groups is 1. The molecular weight excluding hydrogens is 150 g/mol. The van der Waals surface area contributed by atoms with Crippen LogP contribution in [0.1, 0.15) is 40.0 Å². The molecule has 0 bridgehead atoms. The van der Waals surface area contributed by atoms with Crippen molar-refractivity contribution in [3.8, 4) is 0 Å². The van der Waals surface area contributed by atoms with Crippen LogP contribution in [0.5, 0.6) is 0 Å². The molecule has 0 rings (SSSR count). The second-order valence-electron chi connectivity index (χ2n) is 3.44. The van der Waals surface area contributed by atoms with Crippen LogP contribution in [0, 0.1) is 5.92 Å². The van der Waals surface area contributed by atoms with Crippen molar-refractivity contribution >= 4 is 5.78 Å². The van der Waals surface area contributed by atoms with Gasteiger partial charge in [0.05, 0.1) is 0 Å². The first-order chi connectivity index (χ1) is 5.63. The molecular formula is C10H21NO. The van der Waals surface area contributed by atoms with Gasteiger partial charge in [-0.25, -0.2) is 0 Å². The van der Waals surface area contributed by atoms with Gasteiger partial charge in [-0.15, -0.1) is 0 Å². The molecule has 0 spiro atoms. The third kappa shape index (κ3) is 3.86. The molecule has 0 saturated heterocycles. The minimum absolute atomic E-state index is 0.154. The van der Waals surface area contributed by atoms with Gasteiger partial charge >= 0.3 is 0 Å². The lowest BCUT2D eigenvalue weighted by atomic mass is 9.94. The number of Topliss-reactive ketones (excluding diaryl/α,β-unsaturated/α-hetero) is 1. The molecule has 0 aliphatic heterocycles. The average molecular weight is 171 g/mol. The Morgan fingerprint density at radius 3 is 2.42 bits per heavy atom. The third-order valence-electron chi connectivity index (χ3n) is 2.48. The van der Waals surface area contributed by atoms with Crippen LogP contribution in [-0.2, 0) is 4.79 Å². The van der Waals surface area contributed by atoms with Crippen LogP contribution in [0.2, 0.25) is 0 Å². The lowest BCUT2D eigenvalue weighted by Gasteiger charge is -2.20. The molecule has 0 aliphatic carbocycles. The Hall–Kier alpha value is -0.370. The quantitative estimate of drug-likeness (QED) is 0.662. The number of hydrogen-bond acceptors (Lipinski definition) is 2. The Morgan fingerprint density at radius 2 is 2.08 bits per heavy atom. The maximum Gasteiger partial charge on any atom is 0.134 e. The van der Waals surface area contributed by atoms with E-state index in [0.29, 0.717) is 6.04 Å². The van der Waals surface area contributed by atoms with Crippen molar-refractivity contribution in [2.75, 3.05) is 7.05 Å². The van der Waals surface area contributed by atoms with Gasteiger partial charge in [0.25, 0.3) is 0 Å². The van der Waals surface area contributed by atoms with Gasteiger partial charge in [0.15, 0.2) is 0 Å². The summed E-state index contributed by atoms with van der Waals surface area (Å²) in [6, 6.07) is 0.363. The molecule has 0 amide bonds. The summed E-state index contributed by atoms with van der Waals surface area (Å²) >= 11 is 0. The summed E-state index contributed by atoms with van der Waals surface area (Å²) in [5.74, 6) is 0.437. The van der Waals surface area contributed by atoms with E-state index in [4.69, 9.17) is 0 Å². The fraction of sp³-hybridized carbons (Fsp3) is 0.900. The first kappa shape index (κ1) is 11.6. The summed E-state index contributed by atoms with van der Waals surface area (Å²) in [6.45, 7) is 5.84. The number of carbonyl (C=O) groups excluding carboxylic acids is 1. The number of hydrogen-bond donors (Lipinski definition) is 1. The number of nitrogens with one attached hydrogen (secondary N) is 1. The van der Waals surface area contributed by atoms with Gasteiger partial charge in [0.2, 0.25) is 0 Å². The van der Waals surface area contributed by atoms with Crippen LogP contribution in [0.25, 0.3) is 0 Å². The predicted octanol–water partition coefficient (Wildman–Crippen LogP) is 1.99. The zero-order valence-electron chi connectivity index (χ0n) is 8.68. The molecule has 0 aliphatic rings. The molecule has 2 unspecified atom stereocenters. The van der Waals surface area contributed by atoms with Crippen LogP contribution in [0.4, 0.5) is 0 Å². The monoisotopic (exact) mass is 171 g/mol. The Labute approximate surface area is 75.7 Å². The summed E-state index contributed by atoms with van der Waals surface area (Å²) in [5.41, 5.74) is 0. The van der Waals surface area contributed by atoms with Gasteiger partial charge in [-0.2, -0.15) is 0 Å². The topological polar surface area (TPSA) is 29.1 Å². The molecule has 0 aromatic heterocycles. The van der Waals surface area contributed by atoms with Crippen LogP contribution < -0.4 is 5.32 Å². The average Bonchev–Trinajstić information content (AvgIpc) is 2.05. The van der Waals surface area contributed by atoms with Crippen molar-refractivity contribution in [2.24, 2.45) is 5.92 Å². The highest BCUT2D eigenvalue weighted by molar-refractivity contribution is 5.78. The molecule has 0 radical (unpaired) electrons. The normalized spacial score (nSPS) is 15.7. The van der Waals surface area contributed by atoms with Crippen LogP contribution in [0.15, 0.2) is 0 Å². The number of rotatable bonds is 6. The molecule has 2 nitrogen and oxygen atoms in total. The van der Waals surface area contributed by atoms with Gasteiger partial charge < -0.3 is 5.32 Å². The standard InChI is InChI=1S/C10H21NO/c1-5-6-7-10(11-4)8(2)9(3)12/h8,10-11H,5-7H2,1-4H3. The largest absolute Gasteiger partial charge is 0.316 e. The van der Waals surface area contributed by atoms with Crippen molar-refractivity contribution in [1.82, 2.24) is 5.32 Å². The smallest absolute Gasteiger partial charge is 0.134 e. The van der Waals surface area contributed by atoms with Crippen LogP contribution in [0.3, 0.4) is 0 Å². The fourth-order valence-electron chi connectivity index (χ4n) is 1.35. The van der Waals surface area contributed by atoms with E-state index in [1.54, 1.807) is 6.92 Å². The molecule has 72 valence electrons. The van der Waals surface area contributed by atoms with E-state index in [1.165, 1.54) is 12.8 Å². The second-order valence-corrected chi connectivity index (χ2v) is 3.44. The zero-order valence-corrected chi connectivity index (χ0v) is 8.68. The van der Waals surface area contributed by atoms with Crippen molar-refractivity contribution in [3.05, 3.63) is 0 Å². The maximum absolute atomic E-state index is 11.1. The van der Waals surface area contributed by atoms with E-state index < -0.39 is 0 Å². The van der Waals surface area contributed by atoms with E-state index in [2.05, 4.69) is 12.2 Å². The number of unbranched alkanes of at least 4 members (excludes halogenated alkanes) is 1. The molecule has 0 saturated carbocycles. The fourth-order valence-corrected chi connectivity index (χ4v) is 1.35. The van der Waals surface area contributed by atoms with Gasteiger partial charge in [-0.3, -0.25) is 4.79 Å². The molecule has 0 heterocycles. The highest BCUT2D eigenvalue weighted by Gasteiger charge is 2.18. The lowest BCUT2D eigenvalue weighted by molar-refractivity contribution is -0.121. The van der Waals surface area contributed by atoms with Crippen LogP contribution >= 0.6 is 0 Å².